The van der Waals surface area contributed by atoms with E-state index in [1.165, 1.54) is 36.4 Å². The summed E-state index contributed by atoms with van der Waals surface area (Å²) in [4.78, 5) is 59.1. The maximum atomic E-state index is 15.1. The van der Waals surface area contributed by atoms with E-state index < -0.39 is 32.1 Å². The van der Waals surface area contributed by atoms with Gasteiger partial charge in [0.2, 0.25) is 5.95 Å². The number of hydrogen-bond donors (Lipinski definition) is 7. The second-order valence-electron chi connectivity index (χ2n) is 14.7. The maximum absolute atomic E-state index is 15.1. The molecule has 0 aliphatic heterocycles. The average molecular weight is 1040 g/mol. The first kappa shape index (κ1) is 48.9. The van der Waals surface area contributed by atoms with E-state index in [0.29, 0.717) is 46.6 Å². The summed E-state index contributed by atoms with van der Waals surface area (Å²) in [5.41, 5.74) is -0.0825. The number of fused-ring (bicyclic) bond motifs is 2. The largest absolute Gasteiger partial charge is 0.454 e. The summed E-state index contributed by atoms with van der Waals surface area (Å²) < 4.78 is 57.0. The van der Waals surface area contributed by atoms with Crippen molar-refractivity contribution < 1.29 is 71.2 Å². The molecule has 360 valence electrons. The lowest BCUT2D eigenvalue weighted by Crippen LogP contribution is -2.24. The Bertz CT molecular complexity index is 3570. The Balaban J connectivity index is 1.32. The molecule has 6 aromatic carbocycles. The lowest BCUT2D eigenvalue weighted by Gasteiger charge is -2.26. The summed E-state index contributed by atoms with van der Waals surface area (Å²) in [6.45, 7) is 1.56. The van der Waals surface area contributed by atoms with Crippen molar-refractivity contribution in [1.82, 2.24) is 19.9 Å². The highest BCUT2D eigenvalue weighted by Gasteiger charge is 2.35. The second kappa shape index (κ2) is 21.1. The van der Waals surface area contributed by atoms with Gasteiger partial charge >= 0.3 is 0 Å². The quantitative estimate of drug-likeness (QED) is 0.0130. The fraction of sp³-hybridized carbons (Fsp3) is 0.0222. The molecule has 0 radical (unpaired) electrons. The number of aromatic amines is 1. The molecule has 1 aliphatic rings. The van der Waals surface area contributed by atoms with Crippen LogP contribution in [0.1, 0.15) is 37.7 Å². The number of aromatic nitrogens is 4. The van der Waals surface area contributed by atoms with Crippen LogP contribution in [0.15, 0.2) is 146 Å². The summed E-state index contributed by atoms with van der Waals surface area (Å²) >= 11 is 1.45. The second-order valence-corrected chi connectivity index (χ2v) is 18.4. The summed E-state index contributed by atoms with van der Waals surface area (Å²) in [5.74, 6) is -1.32. The molecule has 8 aromatic rings. The fourth-order valence-electron chi connectivity index (χ4n) is 7.70. The van der Waals surface area contributed by atoms with Gasteiger partial charge in [0.25, 0.3) is 15.7 Å². The average Bonchev–Trinajstić information content (AvgIpc) is 3.36. The van der Waals surface area contributed by atoms with Crippen LogP contribution in [0.25, 0.3) is 33.2 Å². The molecular formula is C45H30N6O16S4. The standard InChI is InChI=1S/C45H30N6O16S4/c1-22-46-21-47-45(48-22)50-30-18-29(34(69-66-63-56)20-36(30)71(58,59)60)49-31-19-33(61-32-15-14-24(17-35(32)70-67-64-57)23-8-3-2-4-9-23)41-39-37(27-12-5-6-13-28(27)43(53)38(31)39)40(44(54)51-41)42(52)25-10-7-11-26(16-25)68-65-62-55/h2-21,49,55-57H,1H3,(H,51,54)(H,58,59,60)(H,46,47,48,50). The summed E-state index contributed by atoms with van der Waals surface area (Å²) in [7, 11) is -5.04. The van der Waals surface area contributed by atoms with Gasteiger partial charge in [0.1, 0.15) is 22.8 Å². The van der Waals surface area contributed by atoms with Crippen LogP contribution >= 0.6 is 36.1 Å². The summed E-state index contributed by atoms with van der Waals surface area (Å²) in [5, 5.41) is 44.6. The highest BCUT2D eigenvalue weighted by molar-refractivity contribution is 7.95. The van der Waals surface area contributed by atoms with E-state index >= 15 is 4.79 Å². The molecule has 0 atom stereocenters. The molecule has 0 saturated carbocycles. The number of anilines is 4. The Morgan fingerprint density at radius 3 is 2.13 bits per heavy atom. The number of aryl methyl sites for hydroxylation is 1. The first-order valence-electron chi connectivity index (χ1n) is 20.1. The van der Waals surface area contributed by atoms with Crippen LogP contribution in [0.3, 0.4) is 0 Å². The molecule has 2 heterocycles. The number of pyridine rings is 1. The fourth-order valence-corrected chi connectivity index (χ4v) is 9.79. The molecule has 0 fully saturated rings. The van der Waals surface area contributed by atoms with Crippen molar-refractivity contribution in [2.24, 2.45) is 0 Å². The Labute approximate surface area is 411 Å². The Morgan fingerprint density at radius 1 is 0.676 bits per heavy atom. The molecular weight excluding hydrogens is 1010 g/mol. The number of carbonyl (C=O) groups excluding carboxylic acids is 2. The van der Waals surface area contributed by atoms with Crippen LogP contribution in [-0.2, 0) is 38.2 Å². The van der Waals surface area contributed by atoms with Crippen LogP contribution in [0, 0.1) is 6.92 Å². The van der Waals surface area contributed by atoms with Crippen molar-refractivity contribution >= 4 is 91.7 Å². The van der Waals surface area contributed by atoms with Gasteiger partial charge in [-0.1, -0.05) is 87.9 Å². The molecule has 22 nitrogen and oxygen atoms in total. The van der Waals surface area contributed by atoms with E-state index in [1.807, 2.05) is 30.3 Å². The van der Waals surface area contributed by atoms with Crippen molar-refractivity contribution in [3.8, 4) is 33.8 Å². The first-order chi connectivity index (χ1) is 34.4. The third-order valence-corrected chi connectivity index (χ3v) is 13.3. The SMILES string of the molecule is Cc1ncnc(Nc2cc(Nc3cc(Oc4ccc(-c5ccccc5)cc4SOOO)c4[nH]c(=O)c(C(=O)c5cccc(SOOO)c5)c5c4c3C(=O)c3ccccc3-5)c(SOOO)cc2S(=O)(=O)O)n1. The zero-order valence-electron chi connectivity index (χ0n) is 35.7. The van der Waals surface area contributed by atoms with Crippen LogP contribution in [-0.4, -0.2) is 60.2 Å². The number of rotatable bonds is 19. The normalized spacial score (nSPS) is 11.9. The van der Waals surface area contributed by atoms with Crippen molar-refractivity contribution in [1.29, 1.82) is 0 Å². The van der Waals surface area contributed by atoms with Gasteiger partial charge in [0.05, 0.1) is 79.6 Å². The molecule has 26 heteroatoms. The zero-order chi connectivity index (χ0) is 49.8. The molecule has 9 rings (SSSR count). The lowest BCUT2D eigenvalue weighted by molar-refractivity contribution is -0.432. The number of ether oxygens (including phenoxy) is 1. The lowest BCUT2D eigenvalue weighted by atomic mass is 9.80. The van der Waals surface area contributed by atoms with Gasteiger partial charge in [0.15, 0.2) is 17.3 Å². The van der Waals surface area contributed by atoms with Crippen LogP contribution in [0.5, 0.6) is 11.5 Å². The van der Waals surface area contributed by atoms with Crippen molar-refractivity contribution in [3.63, 3.8) is 0 Å². The molecule has 0 bridgehead atoms. The van der Waals surface area contributed by atoms with Gasteiger partial charge in [0, 0.05) is 33.0 Å². The van der Waals surface area contributed by atoms with E-state index in [9.17, 15) is 33.1 Å². The molecule has 2 aromatic heterocycles. The van der Waals surface area contributed by atoms with Gasteiger partial charge in [-0.2, -0.15) is 13.4 Å². The van der Waals surface area contributed by atoms with Gasteiger partial charge in [-0.15, -0.1) is 13.0 Å². The minimum absolute atomic E-state index is 0.00527. The molecule has 0 saturated heterocycles. The van der Waals surface area contributed by atoms with Crippen molar-refractivity contribution in [2.45, 2.75) is 26.5 Å². The smallest absolute Gasteiger partial charge is 0.296 e. The van der Waals surface area contributed by atoms with Crippen LogP contribution < -0.4 is 20.9 Å². The minimum atomic E-state index is -5.04. The third kappa shape index (κ3) is 10.2. The molecule has 0 unspecified atom stereocenters. The number of nitrogens with one attached hydrogen (secondary N) is 3. The predicted octanol–water partition coefficient (Wildman–Crippen LogP) is 9.94. The monoisotopic (exact) mass is 1040 g/mol. The maximum Gasteiger partial charge on any atom is 0.296 e. The summed E-state index contributed by atoms with van der Waals surface area (Å²) in [6.07, 6.45) is 1.16. The van der Waals surface area contributed by atoms with Crippen molar-refractivity contribution in [3.05, 3.63) is 160 Å². The number of ketones is 2. The Kier molecular flexibility index (Phi) is 14.5. The topological polar surface area (TPSA) is 309 Å². The van der Waals surface area contributed by atoms with Crippen molar-refractivity contribution in [2.75, 3.05) is 10.6 Å². The molecule has 1 aliphatic carbocycles. The molecule has 7 N–H and O–H groups in total. The number of hydrogen-bond acceptors (Lipinski definition) is 23. The van der Waals surface area contributed by atoms with E-state index in [-0.39, 0.29) is 94.4 Å². The number of carbonyl (C=O) groups is 2. The third-order valence-electron chi connectivity index (χ3n) is 10.6. The number of nitrogens with zero attached hydrogens (tertiary/aromatic N) is 3. The number of benzene rings is 6. The van der Waals surface area contributed by atoms with E-state index in [2.05, 4.69) is 50.0 Å². The molecule has 71 heavy (non-hydrogen) atoms. The summed E-state index contributed by atoms with van der Waals surface area (Å²) in [6, 6.07) is 29.9. The number of H-pyrrole nitrogens is 1. The van der Waals surface area contributed by atoms with Crippen LogP contribution in [0.2, 0.25) is 0 Å². The van der Waals surface area contributed by atoms with Gasteiger partial charge in [-0.25, -0.2) is 25.7 Å². The minimum Gasteiger partial charge on any atom is -0.454 e. The van der Waals surface area contributed by atoms with E-state index in [0.717, 1.165) is 18.0 Å². The zero-order valence-corrected chi connectivity index (χ0v) is 39.0. The van der Waals surface area contributed by atoms with Crippen LogP contribution in [0.4, 0.5) is 23.0 Å². The van der Waals surface area contributed by atoms with Gasteiger partial charge in [-0.05, 0) is 60.0 Å². The molecule has 0 spiro atoms. The first-order valence-corrected chi connectivity index (χ1v) is 23.8. The Hall–Kier alpha value is -7.12. The Morgan fingerprint density at radius 2 is 1.39 bits per heavy atom. The molecule has 0 amide bonds. The highest BCUT2D eigenvalue weighted by atomic mass is 32.2. The predicted molar refractivity (Wildman–Crippen MR) is 255 cm³/mol. The van der Waals surface area contributed by atoms with E-state index in [4.69, 9.17) is 18.7 Å². The van der Waals surface area contributed by atoms with Gasteiger partial charge < -0.3 is 20.4 Å². The highest BCUT2D eigenvalue weighted by Crippen LogP contribution is 2.49. The van der Waals surface area contributed by atoms with E-state index in [1.54, 1.807) is 49.4 Å². The van der Waals surface area contributed by atoms with Gasteiger partial charge in [-0.3, -0.25) is 18.9 Å².